The highest BCUT2D eigenvalue weighted by Gasteiger charge is 2.29. The number of aliphatic hydroxyl groups excluding tert-OH is 3. The third kappa shape index (κ3) is 3.49. The Morgan fingerprint density at radius 1 is 1.38 bits per heavy atom. The smallest absolute Gasteiger partial charge is 0.207 e. The largest absolute Gasteiger partial charge is 0.391 e. The van der Waals surface area contributed by atoms with Gasteiger partial charge >= 0.3 is 0 Å². The molecule has 0 spiro atoms. The average Bonchev–Trinajstić information content (AvgIpc) is 2.15. The van der Waals surface area contributed by atoms with Gasteiger partial charge < -0.3 is 25.4 Å². The van der Waals surface area contributed by atoms with Crippen LogP contribution in [0.2, 0.25) is 1.41 Å². The highest BCUT2D eigenvalue weighted by Crippen LogP contribution is 2.02. The molecule has 0 saturated heterocycles. The Kier molecular flexibility index (Phi) is 4.37. The minimum atomic E-state index is -1.73. The first-order chi connectivity index (χ1) is 6.45. The quantitative estimate of drug-likeness (QED) is 0.345. The summed E-state index contributed by atoms with van der Waals surface area (Å²) in [5.41, 5.74) is 0. The molecule has 0 aromatic heterocycles. The second-order valence-corrected chi connectivity index (χ2v) is 2.60. The van der Waals surface area contributed by atoms with Gasteiger partial charge in [0.2, 0.25) is 6.41 Å². The summed E-state index contributed by atoms with van der Waals surface area (Å²) in [7, 11) is 0. The van der Waals surface area contributed by atoms with Crippen molar-refractivity contribution in [2.24, 2.45) is 0 Å². The lowest BCUT2D eigenvalue weighted by Gasteiger charge is -2.25. The average molecular weight is 192 g/mol. The molecule has 0 aromatic carbocycles. The zero-order chi connectivity index (χ0) is 11.3. The SMILES string of the molecule is [2H]N(C=O)[C@@H]([C@H](O)[C@@H](O)C=O)[C@@H](C)O. The van der Waals surface area contributed by atoms with Gasteiger partial charge in [0.05, 0.1) is 12.1 Å². The van der Waals surface area contributed by atoms with E-state index >= 15 is 0 Å². The van der Waals surface area contributed by atoms with Crippen molar-refractivity contribution in [3.05, 3.63) is 0 Å². The lowest BCUT2D eigenvalue weighted by molar-refractivity contribution is -0.125. The Morgan fingerprint density at radius 3 is 2.23 bits per heavy atom. The van der Waals surface area contributed by atoms with Gasteiger partial charge in [-0.25, -0.2) is 0 Å². The number of rotatable bonds is 6. The number of aliphatic hydroxyl groups is 3. The molecular formula is C7H13NO5. The highest BCUT2D eigenvalue weighted by molar-refractivity contribution is 5.57. The summed E-state index contributed by atoms with van der Waals surface area (Å²) in [5.74, 6) is 0. The lowest BCUT2D eigenvalue weighted by atomic mass is 10.0. The molecule has 0 radical (unpaired) electrons. The van der Waals surface area contributed by atoms with Crippen molar-refractivity contribution in [2.75, 3.05) is 0 Å². The van der Waals surface area contributed by atoms with Gasteiger partial charge in [0, 0.05) is 0 Å². The molecule has 0 aromatic rings. The van der Waals surface area contributed by atoms with Gasteiger partial charge in [-0.3, -0.25) is 4.79 Å². The summed E-state index contributed by atoms with van der Waals surface area (Å²) in [6.45, 7) is 1.23. The predicted molar refractivity (Wildman–Crippen MR) is 42.7 cm³/mol. The molecule has 6 heteroatoms. The van der Waals surface area contributed by atoms with E-state index in [9.17, 15) is 14.7 Å². The molecule has 1 amide bonds. The number of hydrogen-bond donors (Lipinski definition) is 4. The fourth-order valence-corrected chi connectivity index (χ4v) is 0.851. The van der Waals surface area contributed by atoms with Gasteiger partial charge in [-0.15, -0.1) is 0 Å². The minimum Gasteiger partial charge on any atom is -0.391 e. The van der Waals surface area contributed by atoms with Crippen molar-refractivity contribution in [3.63, 3.8) is 0 Å². The predicted octanol–water partition coefficient (Wildman–Crippen LogP) is -2.60. The fraction of sp³-hybridized carbons (Fsp3) is 0.714. The van der Waals surface area contributed by atoms with Crippen LogP contribution in [-0.2, 0) is 9.59 Å². The van der Waals surface area contributed by atoms with E-state index in [0.29, 0.717) is 0 Å². The molecule has 0 rings (SSSR count). The molecule has 76 valence electrons. The molecule has 13 heavy (non-hydrogen) atoms. The summed E-state index contributed by atoms with van der Waals surface area (Å²) in [6.07, 6.45) is -4.52. The summed E-state index contributed by atoms with van der Waals surface area (Å²) < 4.78 is 7.03. The monoisotopic (exact) mass is 192 g/mol. The van der Waals surface area contributed by atoms with Crippen LogP contribution >= 0.6 is 0 Å². The van der Waals surface area contributed by atoms with E-state index in [-0.39, 0.29) is 18.0 Å². The number of aldehydes is 1. The van der Waals surface area contributed by atoms with Crippen molar-refractivity contribution < 1.29 is 26.3 Å². The second kappa shape index (κ2) is 5.63. The van der Waals surface area contributed by atoms with Crippen LogP contribution < -0.4 is 5.31 Å². The molecule has 6 nitrogen and oxygen atoms in total. The second-order valence-electron chi connectivity index (χ2n) is 2.60. The molecule has 0 bridgehead atoms. The topological polar surface area (TPSA) is 107 Å². The van der Waals surface area contributed by atoms with Gasteiger partial charge in [0.25, 0.3) is 0 Å². The summed E-state index contributed by atoms with van der Waals surface area (Å²) in [4.78, 5) is 20.3. The van der Waals surface area contributed by atoms with Gasteiger partial charge in [-0.05, 0) is 6.92 Å². The number of amides is 1. The molecule has 0 aliphatic heterocycles. The molecule has 0 heterocycles. The molecule has 0 saturated carbocycles. The third-order valence-electron chi connectivity index (χ3n) is 1.57. The van der Waals surface area contributed by atoms with Crippen molar-refractivity contribution in [1.29, 1.82) is 0 Å². The maximum absolute atomic E-state index is 10.2. The van der Waals surface area contributed by atoms with Crippen molar-refractivity contribution in [1.82, 2.24) is 5.31 Å². The first kappa shape index (κ1) is 10.1. The van der Waals surface area contributed by atoms with Crippen LogP contribution in [0.4, 0.5) is 0 Å². The molecule has 0 fully saturated rings. The molecule has 0 unspecified atom stereocenters. The summed E-state index contributed by atoms with van der Waals surface area (Å²) >= 11 is 0. The normalized spacial score (nSPS) is 20.8. The molecule has 4 atom stereocenters. The van der Waals surface area contributed by atoms with Crippen LogP contribution in [0, 0.1) is 0 Å². The van der Waals surface area contributed by atoms with Crippen LogP contribution in [0.5, 0.6) is 0 Å². The van der Waals surface area contributed by atoms with E-state index in [1.54, 1.807) is 0 Å². The first-order valence-electron chi connectivity index (χ1n) is 4.12. The van der Waals surface area contributed by atoms with E-state index in [4.69, 9.17) is 11.6 Å². The number of carbonyl (C=O) groups is 2. The first-order valence-corrected chi connectivity index (χ1v) is 3.67. The Morgan fingerprint density at radius 2 is 1.92 bits per heavy atom. The minimum absolute atomic E-state index is 0.0676. The summed E-state index contributed by atoms with van der Waals surface area (Å²) in [5, 5.41) is 27.6. The summed E-state index contributed by atoms with van der Waals surface area (Å²) in [6, 6.07) is -1.34. The van der Waals surface area contributed by atoms with Crippen LogP contribution in [0.1, 0.15) is 6.92 Å². The highest BCUT2D eigenvalue weighted by atomic mass is 16.3. The van der Waals surface area contributed by atoms with E-state index in [1.807, 2.05) is 0 Å². The van der Waals surface area contributed by atoms with E-state index < -0.39 is 24.4 Å². The van der Waals surface area contributed by atoms with Crippen molar-refractivity contribution >= 4 is 12.7 Å². The third-order valence-corrected chi connectivity index (χ3v) is 1.57. The molecule has 0 aliphatic carbocycles. The van der Waals surface area contributed by atoms with Gasteiger partial charge in [-0.1, -0.05) is 0 Å². The zero-order valence-electron chi connectivity index (χ0n) is 8.07. The lowest BCUT2D eigenvalue weighted by Crippen LogP contribution is -2.52. The Labute approximate surface area is 76.6 Å². The Hall–Kier alpha value is -0.980. The number of hydrogen-bond acceptors (Lipinski definition) is 5. The van der Waals surface area contributed by atoms with Crippen LogP contribution in [0.25, 0.3) is 0 Å². The van der Waals surface area contributed by atoms with Gasteiger partial charge in [0.1, 0.15) is 12.2 Å². The fourth-order valence-electron chi connectivity index (χ4n) is 0.851. The Bertz CT molecular complexity index is 201. The van der Waals surface area contributed by atoms with Crippen LogP contribution in [-0.4, -0.2) is 52.4 Å². The molecule has 0 aliphatic rings. The standard InChI is InChI=1S/C7H13NO5/c1-4(11)6(8-3-10)7(13)5(12)2-9/h2-7,11-13H,1H3,(H,8,10)/t4-,5+,6-,7-/m1/s1/i/hD. The van der Waals surface area contributed by atoms with Crippen LogP contribution in [0.3, 0.4) is 0 Å². The van der Waals surface area contributed by atoms with Gasteiger partial charge in [-0.2, -0.15) is 0 Å². The molecular weight excluding hydrogens is 178 g/mol. The van der Waals surface area contributed by atoms with Crippen molar-refractivity contribution in [3.8, 4) is 0 Å². The number of carbonyl (C=O) groups excluding carboxylic acids is 2. The zero-order valence-corrected chi connectivity index (χ0v) is 7.07. The maximum atomic E-state index is 10.2. The van der Waals surface area contributed by atoms with Crippen LogP contribution in [0.15, 0.2) is 0 Å². The van der Waals surface area contributed by atoms with E-state index in [2.05, 4.69) is 0 Å². The number of nitrogens with one attached hydrogen (secondary N) is 1. The van der Waals surface area contributed by atoms with Crippen molar-refractivity contribution in [2.45, 2.75) is 31.3 Å². The van der Waals surface area contributed by atoms with E-state index in [0.717, 1.165) is 0 Å². The van der Waals surface area contributed by atoms with E-state index in [1.165, 1.54) is 6.92 Å². The van der Waals surface area contributed by atoms with Gasteiger partial charge in [0.15, 0.2) is 7.70 Å². The maximum Gasteiger partial charge on any atom is 0.207 e. The Balaban J connectivity index is 4.63. The molecule has 4 N–H and O–H groups in total.